The smallest absolute Gasteiger partial charge is 0.312 e. The van der Waals surface area contributed by atoms with E-state index in [1.807, 2.05) is 0 Å². The molecule has 2 fully saturated rings. The van der Waals surface area contributed by atoms with Crippen LogP contribution in [0.15, 0.2) is 4.42 Å². The number of nitrogens with zero attached hydrogens (tertiary/aromatic N) is 2. The fourth-order valence-corrected chi connectivity index (χ4v) is 3.60. The Kier molecular flexibility index (Phi) is 2.88. The van der Waals surface area contributed by atoms with Crippen molar-refractivity contribution in [3.05, 3.63) is 11.2 Å². The summed E-state index contributed by atoms with van der Waals surface area (Å²) in [6.45, 7) is 0. The molecule has 0 aromatic carbocycles. The van der Waals surface area contributed by atoms with Gasteiger partial charge in [-0.15, -0.1) is 5.10 Å². The van der Waals surface area contributed by atoms with E-state index in [0.717, 1.165) is 17.7 Å². The summed E-state index contributed by atoms with van der Waals surface area (Å²) in [5, 5.41) is 7.95. The average molecular weight is 241 g/mol. The van der Waals surface area contributed by atoms with Gasteiger partial charge in [0, 0.05) is 5.92 Å². The number of hydrogen-bond donors (Lipinski definition) is 0. The Morgan fingerprint density at radius 3 is 2.56 bits per heavy atom. The lowest BCUT2D eigenvalue weighted by molar-refractivity contribution is 0.146. The van der Waals surface area contributed by atoms with Gasteiger partial charge in [-0.05, 0) is 42.7 Å². The van der Waals surface area contributed by atoms with E-state index in [1.54, 1.807) is 0 Å². The molecule has 1 aromatic heterocycles. The zero-order valence-electron chi connectivity index (χ0n) is 9.36. The van der Waals surface area contributed by atoms with E-state index < -0.39 is 0 Å². The van der Waals surface area contributed by atoms with Crippen LogP contribution in [0, 0.1) is 11.8 Å². The third-order valence-corrected chi connectivity index (χ3v) is 4.46. The highest BCUT2D eigenvalue weighted by atomic mass is 35.5. The molecule has 3 rings (SSSR count). The molecule has 3 atom stereocenters. The van der Waals surface area contributed by atoms with Gasteiger partial charge in [0.2, 0.25) is 5.89 Å². The van der Waals surface area contributed by atoms with E-state index in [1.165, 1.54) is 44.9 Å². The molecule has 0 bridgehead atoms. The van der Waals surface area contributed by atoms with Crippen LogP contribution in [0.1, 0.15) is 56.8 Å². The molecule has 4 heteroatoms. The summed E-state index contributed by atoms with van der Waals surface area (Å²) >= 11 is 5.68. The molecule has 3 unspecified atom stereocenters. The maximum absolute atomic E-state index is 5.68. The van der Waals surface area contributed by atoms with E-state index >= 15 is 0 Å². The second-order valence-corrected chi connectivity index (χ2v) is 5.53. The van der Waals surface area contributed by atoms with E-state index in [2.05, 4.69) is 10.2 Å². The van der Waals surface area contributed by atoms with Crippen molar-refractivity contribution in [2.45, 2.75) is 50.9 Å². The Morgan fingerprint density at radius 2 is 1.81 bits per heavy atom. The topological polar surface area (TPSA) is 38.9 Å². The van der Waals surface area contributed by atoms with Gasteiger partial charge in [-0.1, -0.05) is 30.8 Å². The van der Waals surface area contributed by atoms with Crippen molar-refractivity contribution >= 4 is 11.6 Å². The minimum Gasteiger partial charge on any atom is -0.412 e. The minimum absolute atomic E-state index is 0.181. The van der Waals surface area contributed by atoms with Crippen LogP contribution < -0.4 is 0 Å². The Labute approximate surface area is 101 Å². The molecule has 16 heavy (non-hydrogen) atoms. The molecule has 1 aromatic rings. The van der Waals surface area contributed by atoms with Gasteiger partial charge in [0.05, 0.1) is 0 Å². The van der Waals surface area contributed by atoms with Crippen molar-refractivity contribution in [3.8, 4) is 0 Å². The first-order valence-corrected chi connectivity index (χ1v) is 6.69. The van der Waals surface area contributed by atoms with Gasteiger partial charge in [0.1, 0.15) is 0 Å². The second-order valence-electron chi connectivity index (χ2n) is 5.21. The highest BCUT2D eigenvalue weighted by molar-refractivity contribution is 6.27. The lowest BCUT2D eigenvalue weighted by Crippen LogP contribution is -2.26. The van der Waals surface area contributed by atoms with E-state index in [4.69, 9.17) is 16.0 Å². The molecule has 0 amide bonds. The number of fused-ring (bicyclic) bond motifs is 1. The molecule has 2 aliphatic rings. The summed E-state index contributed by atoms with van der Waals surface area (Å²) in [5.41, 5.74) is 0. The summed E-state index contributed by atoms with van der Waals surface area (Å²) in [7, 11) is 0. The number of aromatic nitrogens is 2. The molecule has 1 heterocycles. The predicted octanol–water partition coefficient (Wildman–Crippen LogP) is 3.80. The van der Waals surface area contributed by atoms with Gasteiger partial charge in [-0.3, -0.25) is 0 Å². The highest BCUT2D eigenvalue weighted by Gasteiger charge is 2.34. The van der Waals surface area contributed by atoms with Crippen molar-refractivity contribution in [1.29, 1.82) is 0 Å². The quantitative estimate of drug-likeness (QED) is 0.750. The molecule has 0 radical (unpaired) electrons. The normalized spacial score (nSPS) is 34.7. The largest absolute Gasteiger partial charge is 0.412 e. The van der Waals surface area contributed by atoms with Crippen molar-refractivity contribution in [3.63, 3.8) is 0 Å². The van der Waals surface area contributed by atoms with Gasteiger partial charge in [0.25, 0.3) is 0 Å². The van der Waals surface area contributed by atoms with Crippen LogP contribution >= 0.6 is 11.6 Å². The molecule has 0 aliphatic heterocycles. The van der Waals surface area contributed by atoms with Gasteiger partial charge >= 0.3 is 5.35 Å². The van der Waals surface area contributed by atoms with Gasteiger partial charge in [-0.2, -0.15) is 0 Å². The van der Waals surface area contributed by atoms with Crippen molar-refractivity contribution < 1.29 is 4.42 Å². The SMILES string of the molecule is Clc1nnc(C2CCC3CCCCC3C2)o1. The lowest BCUT2D eigenvalue weighted by Gasteiger charge is -2.38. The molecule has 0 N–H and O–H groups in total. The molecule has 88 valence electrons. The average Bonchev–Trinajstić information content (AvgIpc) is 2.75. The number of halogens is 1. The van der Waals surface area contributed by atoms with Crippen LogP contribution in [0.25, 0.3) is 0 Å². The zero-order chi connectivity index (χ0) is 11.0. The third kappa shape index (κ3) is 1.97. The van der Waals surface area contributed by atoms with Crippen LogP contribution in [0.4, 0.5) is 0 Å². The highest BCUT2D eigenvalue weighted by Crippen LogP contribution is 2.45. The maximum Gasteiger partial charge on any atom is 0.312 e. The molecule has 3 nitrogen and oxygen atoms in total. The van der Waals surface area contributed by atoms with Gasteiger partial charge in [0.15, 0.2) is 0 Å². The lowest BCUT2D eigenvalue weighted by atomic mass is 9.67. The summed E-state index contributed by atoms with van der Waals surface area (Å²) < 4.78 is 5.35. The van der Waals surface area contributed by atoms with Crippen LogP contribution in [-0.4, -0.2) is 10.2 Å². The number of rotatable bonds is 1. The molecule has 0 spiro atoms. The monoisotopic (exact) mass is 240 g/mol. The predicted molar refractivity (Wildman–Crippen MR) is 61.3 cm³/mol. The van der Waals surface area contributed by atoms with Crippen LogP contribution in [0.2, 0.25) is 5.35 Å². The Balaban J connectivity index is 1.70. The first-order valence-electron chi connectivity index (χ1n) is 6.32. The van der Waals surface area contributed by atoms with Gasteiger partial charge < -0.3 is 4.42 Å². The third-order valence-electron chi connectivity index (χ3n) is 4.30. The Morgan fingerprint density at radius 1 is 1.00 bits per heavy atom. The summed E-state index contributed by atoms with van der Waals surface area (Å²) in [4.78, 5) is 0. The van der Waals surface area contributed by atoms with E-state index in [-0.39, 0.29) is 5.35 Å². The summed E-state index contributed by atoms with van der Waals surface area (Å²) in [5.74, 6) is 3.06. The standard InChI is InChI=1S/C12H17ClN2O/c13-12-15-14-11(16-12)10-6-5-8-3-1-2-4-9(8)7-10/h8-10H,1-7H2. The van der Waals surface area contributed by atoms with Gasteiger partial charge in [-0.25, -0.2) is 0 Å². The molecule has 2 aliphatic carbocycles. The van der Waals surface area contributed by atoms with E-state index in [0.29, 0.717) is 5.92 Å². The Hall–Kier alpha value is -0.570. The van der Waals surface area contributed by atoms with Crippen molar-refractivity contribution in [2.24, 2.45) is 11.8 Å². The molecule has 2 saturated carbocycles. The summed E-state index contributed by atoms with van der Waals surface area (Å²) in [6, 6.07) is 0. The first kappa shape index (κ1) is 10.6. The summed E-state index contributed by atoms with van der Waals surface area (Å²) in [6.07, 6.45) is 9.40. The molecular formula is C12H17ClN2O. The van der Waals surface area contributed by atoms with Crippen molar-refractivity contribution in [2.75, 3.05) is 0 Å². The van der Waals surface area contributed by atoms with Crippen molar-refractivity contribution in [1.82, 2.24) is 10.2 Å². The zero-order valence-corrected chi connectivity index (χ0v) is 10.1. The molecule has 0 saturated heterocycles. The second kappa shape index (κ2) is 4.36. The van der Waals surface area contributed by atoms with Crippen LogP contribution in [0.5, 0.6) is 0 Å². The maximum atomic E-state index is 5.68. The fraction of sp³-hybridized carbons (Fsp3) is 0.833. The fourth-order valence-electron chi connectivity index (χ4n) is 3.48. The van der Waals surface area contributed by atoms with Crippen LogP contribution in [0.3, 0.4) is 0 Å². The Bertz CT molecular complexity index is 366. The first-order chi connectivity index (χ1) is 7.83. The van der Waals surface area contributed by atoms with E-state index in [9.17, 15) is 0 Å². The number of hydrogen-bond acceptors (Lipinski definition) is 3. The molecular weight excluding hydrogens is 224 g/mol. The van der Waals surface area contributed by atoms with Crippen LogP contribution in [-0.2, 0) is 0 Å². The minimum atomic E-state index is 0.181.